The molecule has 4 bridgehead atoms. The highest BCUT2D eigenvalue weighted by Gasteiger charge is 2.52. The fraction of sp³-hybridized carbons (Fsp3) is 0.727. The average molecular weight is 362 g/mol. The van der Waals surface area contributed by atoms with Crippen LogP contribution in [-0.4, -0.2) is 12.6 Å². The van der Waals surface area contributed by atoms with Gasteiger partial charge in [0.05, 0.1) is 6.61 Å². The standard InChI is InChI=1S/C22H32ClNO/c1-3-6-25-21-5-4-20(23)10-19(21)14-24-15(2)22-11-16-7-17(12-22)9-18(8-16)13-22/h4-5,10,15-18,24H,3,6-9,11-14H2,1-2H3. The summed E-state index contributed by atoms with van der Waals surface area (Å²) < 4.78 is 5.92. The lowest BCUT2D eigenvalue weighted by Crippen LogP contribution is -2.54. The monoisotopic (exact) mass is 361 g/mol. The molecule has 4 fully saturated rings. The largest absolute Gasteiger partial charge is 0.493 e. The summed E-state index contributed by atoms with van der Waals surface area (Å²) in [6.07, 6.45) is 9.89. The lowest BCUT2D eigenvalue weighted by atomic mass is 9.48. The Morgan fingerprint density at radius 2 is 1.80 bits per heavy atom. The smallest absolute Gasteiger partial charge is 0.123 e. The minimum atomic E-state index is 0.539. The fourth-order valence-corrected chi connectivity index (χ4v) is 6.42. The van der Waals surface area contributed by atoms with E-state index in [-0.39, 0.29) is 0 Å². The van der Waals surface area contributed by atoms with Gasteiger partial charge in [-0.25, -0.2) is 0 Å². The second-order valence-electron chi connectivity index (χ2n) is 8.98. The molecule has 1 aromatic carbocycles. The third kappa shape index (κ3) is 3.57. The quantitative estimate of drug-likeness (QED) is 0.660. The minimum absolute atomic E-state index is 0.539. The van der Waals surface area contributed by atoms with Gasteiger partial charge in [-0.1, -0.05) is 18.5 Å². The lowest BCUT2D eigenvalue weighted by molar-refractivity contribution is -0.0706. The van der Waals surface area contributed by atoms with Crippen LogP contribution in [0.1, 0.15) is 64.4 Å². The zero-order valence-corrected chi connectivity index (χ0v) is 16.4. The number of nitrogens with one attached hydrogen (secondary N) is 1. The van der Waals surface area contributed by atoms with Gasteiger partial charge in [-0.2, -0.15) is 0 Å². The van der Waals surface area contributed by atoms with Gasteiger partial charge in [-0.3, -0.25) is 0 Å². The van der Waals surface area contributed by atoms with E-state index < -0.39 is 0 Å². The predicted molar refractivity (Wildman–Crippen MR) is 104 cm³/mol. The molecule has 4 aliphatic rings. The normalized spacial score (nSPS) is 34.3. The molecule has 0 heterocycles. The van der Waals surface area contributed by atoms with Crippen molar-refractivity contribution in [1.82, 2.24) is 5.32 Å². The van der Waals surface area contributed by atoms with Crippen molar-refractivity contribution < 1.29 is 4.74 Å². The minimum Gasteiger partial charge on any atom is -0.493 e. The van der Waals surface area contributed by atoms with Crippen molar-refractivity contribution in [1.29, 1.82) is 0 Å². The molecule has 0 saturated heterocycles. The van der Waals surface area contributed by atoms with Gasteiger partial charge in [0.1, 0.15) is 5.75 Å². The van der Waals surface area contributed by atoms with Crippen LogP contribution >= 0.6 is 11.6 Å². The van der Waals surface area contributed by atoms with E-state index in [1.54, 1.807) is 0 Å². The van der Waals surface area contributed by atoms with E-state index in [0.29, 0.717) is 11.5 Å². The summed E-state index contributed by atoms with van der Waals surface area (Å²) in [7, 11) is 0. The summed E-state index contributed by atoms with van der Waals surface area (Å²) in [6.45, 7) is 6.18. The molecule has 0 amide bonds. The Morgan fingerprint density at radius 1 is 1.16 bits per heavy atom. The molecule has 1 aromatic rings. The highest BCUT2D eigenvalue weighted by molar-refractivity contribution is 6.30. The van der Waals surface area contributed by atoms with Crippen molar-refractivity contribution in [2.75, 3.05) is 6.61 Å². The van der Waals surface area contributed by atoms with E-state index in [0.717, 1.165) is 48.1 Å². The van der Waals surface area contributed by atoms with Gasteiger partial charge in [0.2, 0.25) is 0 Å². The molecule has 5 rings (SSSR count). The van der Waals surface area contributed by atoms with Crippen LogP contribution in [0.25, 0.3) is 0 Å². The molecule has 0 radical (unpaired) electrons. The van der Waals surface area contributed by atoms with Crippen molar-refractivity contribution in [3.8, 4) is 5.75 Å². The Labute approximate surface area is 157 Å². The van der Waals surface area contributed by atoms with Crippen molar-refractivity contribution in [2.24, 2.45) is 23.2 Å². The van der Waals surface area contributed by atoms with Crippen LogP contribution in [0.3, 0.4) is 0 Å². The number of hydrogen-bond acceptors (Lipinski definition) is 2. The van der Waals surface area contributed by atoms with Gasteiger partial charge in [-0.05, 0) is 93.2 Å². The van der Waals surface area contributed by atoms with E-state index >= 15 is 0 Å². The zero-order valence-electron chi connectivity index (χ0n) is 15.7. The number of halogens is 1. The van der Waals surface area contributed by atoms with Crippen molar-refractivity contribution in [3.63, 3.8) is 0 Å². The maximum Gasteiger partial charge on any atom is 0.123 e. The van der Waals surface area contributed by atoms with E-state index in [1.807, 2.05) is 12.1 Å². The van der Waals surface area contributed by atoms with E-state index in [4.69, 9.17) is 16.3 Å². The van der Waals surface area contributed by atoms with Gasteiger partial charge in [0.15, 0.2) is 0 Å². The Bertz CT molecular complexity index is 579. The van der Waals surface area contributed by atoms with E-state index in [1.165, 1.54) is 44.1 Å². The van der Waals surface area contributed by atoms with Gasteiger partial charge in [0, 0.05) is 23.2 Å². The summed E-state index contributed by atoms with van der Waals surface area (Å²) in [6, 6.07) is 6.58. The molecule has 2 nitrogen and oxygen atoms in total. The van der Waals surface area contributed by atoms with Crippen molar-refractivity contribution >= 4 is 11.6 Å². The molecule has 0 spiro atoms. The molecule has 3 heteroatoms. The Morgan fingerprint density at radius 3 is 2.40 bits per heavy atom. The van der Waals surface area contributed by atoms with Crippen molar-refractivity contribution in [3.05, 3.63) is 28.8 Å². The van der Waals surface area contributed by atoms with E-state index in [9.17, 15) is 0 Å². The molecule has 0 aromatic heterocycles. The van der Waals surface area contributed by atoms with Crippen LogP contribution in [0, 0.1) is 23.2 Å². The molecule has 138 valence electrons. The Balaban J connectivity index is 1.44. The number of benzene rings is 1. The summed E-state index contributed by atoms with van der Waals surface area (Å²) in [5, 5.41) is 4.66. The predicted octanol–water partition coefficient (Wildman–Crippen LogP) is 5.82. The molecule has 1 unspecified atom stereocenters. The first kappa shape index (κ1) is 17.7. The highest BCUT2D eigenvalue weighted by atomic mass is 35.5. The van der Waals surface area contributed by atoms with Crippen LogP contribution in [0.4, 0.5) is 0 Å². The van der Waals surface area contributed by atoms with Crippen LogP contribution in [0.5, 0.6) is 5.75 Å². The summed E-state index contributed by atoms with van der Waals surface area (Å²) in [5.41, 5.74) is 1.73. The fourth-order valence-electron chi connectivity index (χ4n) is 6.23. The topological polar surface area (TPSA) is 21.3 Å². The van der Waals surface area contributed by atoms with Gasteiger partial charge >= 0.3 is 0 Å². The first-order valence-corrected chi connectivity index (χ1v) is 10.6. The Hall–Kier alpha value is -0.730. The number of rotatable bonds is 7. The first-order valence-electron chi connectivity index (χ1n) is 10.2. The molecule has 0 aliphatic heterocycles. The molecular formula is C22H32ClNO. The van der Waals surface area contributed by atoms with Crippen LogP contribution in [0.15, 0.2) is 18.2 Å². The maximum atomic E-state index is 6.24. The highest BCUT2D eigenvalue weighted by Crippen LogP contribution is 2.61. The zero-order chi connectivity index (χ0) is 17.4. The van der Waals surface area contributed by atoms with Crippen LogP contribution in [-0.2, 0) is 6.54 Å². The second kappa shape index (κ2) is 7.12. The molecule has 1 N–H and O–H groups in total. The van der Waals surface area contributed by atoms with E-state index in [2.05, 4.69) is 25.2 Å². The SMILES string of the molecule is CCCOc1ccc(Cl)cc1CNC(C)C12CC3CC(CC(C3)C1)C2. The lowest BCUT2D eigenvalue weighted by Gasteiger charge is -2.59. The summed E-state index contributed by atoms with van der Waals surface area (Å²) >= 11 is 6.24. The van der Waals surface area contributed by atoms with Crippen molar-refractivity contribution in [2.45, 2.75) is 71.4 Å². The second-order valence-corrected chi connectivity index (χ2v) is 9.42. The third-order valence-corrected chi connectivity index (χ3v) is 7.32. The van der Waals surface area contributed by atoms with Gasteiger partial charge in [0.25, 0.3) is 0 Å². The first-order chi connectivity index (χ1) is 12.1. The average Bonchev–Trinajstić information content (AvgIpc) is 2.57. The Kier molecular flexibility index (Phi) is 5.03. The molecule has 1 atom stereocenters. The summed E-state index contributed by atoms with van der Waals surface area (Å²) in [5.74, 6) is 4.00. The molecule has 4 saturated carbocycles. The molecular weight excluding hydrogens is 330 g/mol. The van der Waals surface area contributed by atoms with Gasteiger partial charge < -0.3 is 10.1 Å². The molecule has 25 heavy (non-hydrogen) atoms. The number of ether oxygens (including phenoxy) is 1. The number of hydrogen-bond donors (Lipinski definition) is 1. The third-order valence-electron chi connectivity index (χ3n) is 7.09. The van der Waals surface area contributed by atoms with Gasteiger partial charge in [-0.15, -0.1) is 0 Å². The maximum absolute atomic E-state index is 6.24. The molecule has 4 aliphatic carbocycles. The summed E-state index contributed by atoms with van der Waals surface area (Å²) in [4.78, 5) is 0. The van der Waals surface area contributed by atoms with Crippen LogP contribution in [0.2, 0.25) is 5.02 Å². The van der Waals surface area contributed by atoms with Crippen LogP contribution < -0.4 is 10.1 Å².